The van der Waals surface area contributed by atoms with Gasteiger partial charge in [-0.05, 0) is 31.0 Å². The molecule has 0 saturated heterocycles. The number of carbonyl (C=O) groups is 1. The molecule has 0 saturated carbocycles. The van der Waals surface area contributed by atoms with Gasteiger partial charge in [-0.3, -0.25) is 19.1 Å². The second kappa shape index (κ2) is 10.9. The van der Waals surface area contributed by atoms with E-state index in [-0.39, 0.29) is 29.7 Å². The van der Waals surface area contributed by atoms with E-state index in [0.29, 0.717) is 13.0 Å². The topological polar surface area (TPSA) is 101 Å². The molecule has 0 fully saturated rings. The Balaban J connectivity index is 1.92. The number of hydrogen-bond acceptors (Lipinski definition) is 5. The number of anilines is 2. The van der Waals surface area contributed by atoms with Crippen LogP contribution in [0, 0.1) is 6.92 Å². The van der Waals surface area contributed by atoms with Crippen LogP contribution in [-0.2, 0) is 11.3 Å². The fourth-order valence-corrected chi connectivity index (χ4v) is 4.07. The summed E-state index contributed by atoms with van der Waals surface area (Å²) in [4.78, 5) is 43.1. The fourth-order valence-electron chi connectivity index (χ4n) is 3.30. The summed E-state index contributed by atoms with van der Waals surface area (Å²) >= 11 is 1.40. The Bertz CT molecular complexity index is 1170. The van der Waals surface area contributed by atoms with Crippen LogP contribution in [-0.4, -0.2) is 27.8 Å². The third-order valence-corrected chi connectivity index (χ3v) is 6.08. The largest absolute Gasteiger partial charge is 0.383 e. The standard InChI is InChI=1S/C24H28N4O3S/c1-3-4-14-27(20(29)16-32-19-12-10-17(2)11-13-19)21-22(25)28(24(31)26-23(21)30)15-18-8-6-5-7-9-18/h5-13H,3-4,14-16,25H2,1-2H3,(H,26,30,31). The maximum atomic E-state index is 13.2. The second-order valence-corrected chi connectivity index (χ2v) is 8.61. The molecule has 0 aliphatic rings. The summed E-state index contributed by atoms with van der Waals surface area (Å²) < 4.78 is 1.30. The number of aromatic nitrogens is 2. The van der Waals surface area contributed by atoms with Crippen molar-refractivity contribution in [3.05, 3.63) is 86.6 Å². The number of nitrogens with zero attached hydrogens (tertiary/aromatic N) is 2. The molecule has 0 radical (unpaired) electrons. The van der Waals surface area contributed by atoms with Gasteiger partial charge in [-0.15, -0.1) is 11.8 Å². The average Bonchev–Trinajstić information content (AvgIpc) is 2.79. The number of carbonyl (C=O) groups excluding carboxylic acids is 1. The summed E-state index contributed by atoms with van der Waals surface area (Å²) in [5, 5.41) is 0. The van der Waals surface area contributed by atoms with Gasteiger partial charge in [0.25, 0.3) is 5.56 Å². The molecule has 0 aliphatic heterocycles. The van der Waals surface area contributed by atoms with Gasteiger partial charge in [-0.2, -0.15) is 0 Å². The normalized spacial score (nSPS) is 10.8. The van der Waals surface area contributed by atoms with E-state index in [4.69, 9.17) is 5.73 Å². The first-order valence-corrected chi connectivity index (χ1v) is 11.6. The summed E-state index contributed by atoms with van der Waals surface area (Å²) in [7, 11) is 0. The SMILES string of the molecule is CCCCN(C(=O)CSc1ccc(C)cc1)c1c(N)n(Cc2ccccc2)c(=O)[nH]c1=O. The number of hydrogen-bond donors (Lipinski definition) is 2. The van der Waals surface area contributed by atoms with E-state index in [2.05, 4.69) is 4.98 Å². The minimum atomic E-state index is -0.651. The van der Waals surface area contributed by atoms with Crippen LogP contribution >= 0.6 is 11.8 Å². The fraction of sp³-hybridized carbons (Fsp3) is 0.292. The lowest BCUT2D eigenvalue weighted by Gasteiger charge is -2.24. The molecule has 0 bridgehead atoms. The van der Waals surface area contributed by atoms with Crippen LogP contribution in [0.15, 0.2) is 69.1 Å². The Morgan fingerprint density at radius 2 is 1.78 bits per heavy atom. The zero-order valence-electron chi connectivity index (χ0n) is 18.3. The molecule has 1 amide bonds. The van der Waals surface area contributed by atoms with Crippen molar-refractivity contribution in [1.82, 2.24) is 9.55 Å². The van der Waals surface area contributed by atoms with Gasteiger partial charge >= 0.3 is 5.69 Å². The van der Waals surface area contributed by atoms with Crippen LogP contribution in [0.3, 0.4) is 0 Å². The number of nitrogen functional groups attached to an aromatic ring is 1. The molecule has 0 spiro atoms. The lowest BCUT2D eigenvalue weighted by atomic mass is 10.2. The van der Waals surface area contributed by atoms with Crippen molar-refractivity contribution >= 4 is 29.2 Å². The van der Waals surface area contributed by atoms with Crippen molar-refractivity contribution in [2.75, 3.05) is 22.9 Å². The molecule has 3 rings (SSSR count). The summed E-state index contributed by atoms with van der Waals surface area (Å²) in [5.41, 5.74) is 7.09. The zero-order valence-corrected chi connectivity index (χ0v) is 19.2. The van der Waals surface area contributed by atoms with Crippen molar-refractivity contribution < 1.29 is 4.79 Å². The molecule has 168 valence electrons. The number of aromatic amines is 1. The lowest BCUT2D eigenvalue weighted by molar-refractivity contribution is -0.116. The number of H-pyrrole nitrogens is 1. The Morgan fingerprint density at radius 1 is 1.09 bits per heavy atom. The summed E-state index contributed by atoms with van der Waals surface area (Å²) in [6.07, 6.45) is 1.55. The monoisotopic (exact) mass is 452 g/mol. The first-order chi connectivity index (χ1) is 15.4. The number of benzene rings is 2. The zero-order chi connectivity index (χ0) is 23.1. The predicted octanol–water partition coefficient (Wildman–Crippen LogP) is 3.40. The van der Waals surface area contributed by atoms with E-state index in [0.717, 1.165) is 22.4 Å². The highest BCUT2D eigenvalue weighted by atomic mass is 32.2. The Labute approximate surface area is 191 Å². The highest BCUT2D eigenvalue weighted by Gasteiger charge is 2.24. The van der Waals surface area contributed by atoms with E-state index >= 15 is 0 Å². The second-order valence-electron chi connectivity index (χ2n) is 7.57. The summed E-state index contributed by atoms with van der Waals surface area (Å²) in [6, 6.07) is 17.3. The quantitative estimate of drug-likeness (QED) is 0.485. The van der Waals surface area contributed by atoms with E-state index in [9.17, 15) is 14.4 Å². The van der Waals surface area contributed by atoms with Crippen LogP contribution in [0.2, 0.25) is 0 Å². The predicted molar refractivity (Wildman–Crippen MR) is 130 cm³/mol. The number of rotatable bonds is 9. The minimum Gasteiger partial charge on any atom is -0.383 e. The lowest BCUT2D eigenvalue weighted by Crippen LogP contribution is -2.42. The number of thioether (sulfide) groups is 1. The molecule has 7 nitrogen and oxygen atoms in total. The van der Waals surface area contributed by atoms with Crippen LogP contribution in [0.4, 0.5) is 11.5 Å². The van der Waals surface area contributed by atoms with Gasteiger partial charge < -0.3 is 10.6 Å². The van der Waals surface area contributed by atoms with Gasteiger partial charge in [0.15, 0.2) is 5.69 Å². The number of aryl methyl sites for hydroxylation is 1. The molecule has 8 heteroatoms. The van der Waals surface area contributed by atoms with Crippen LogP contribution in [0.5, 0.6) is 0 Å². The Morgan fingerprint density at radius 3 is 2.44 bits per heavy atom. The van der Waals surface area contributed by atoms with Gasteiger partial charge in [0.1, 0.15) is 5.82 Å². The number of amides is 1. The van der Waals surface area contributed by atoms with Crippen LogP contribution in [0.25, 0.3) is 0 Å². The van der Waals surface area contributed by atoms with Gasteiger partial charge in [-0.1, -0.05) is 61.4 Å². The average molecular weight is 453 g/mol. The van der Waals surface area contributed by atoms with Crippen molar-refractivity contribution in [2.45, 2.75) is 38.1 Å². The molecule has 0 aliphatic carbocycles. The van der Waals surface area contributed by atoms with Crippen molar-refractivity contribution in [3.63, 3.8) is 0 Å². The molecule has 3 N–H and O–H groups in total. The van der Waals surface area contributed by atoms with Crippen LogP contribution in [0.1, 0.15) is 30.9 Å². The minimum absolute atomic E-state index is 0.00704. The first-order valence-electron chi connectivity index (χ1n) is 10.6. The van der Waals surface area contributed by atoms with Crippen molar-refractivity contribution in [3.8, 4) is 0 Å². The molecule has 0 unspecified atom stereocenters. The maximum absolute atomic E-state index is 13.2. The van der Waals surface area contributed by atoms with Crippen molar-refractivity contribution in [1.29, 1.82) is 0 Å². The molecule has 3 aromatic rings. The Kier molecular flexibility index (Phi) is 7.94. The maximum Gasteiger partial charge on any atom is 0.330 e. The third kappa shape index (κ3) is 5.70. The summed E-state index contributed by atoms with van der Waals surface area (Å²) in [6.45, 7) is 4.56. The van der Waals surface area contributed by atoms with Gasteiger partial charge in [0.2, 0.25) is 5.91 Å². The third-order valence-electron chi connectivity index (χ3n) is 5.09. The van der Waals surface area contributed by atoms with E-state index in [1.807, 2.05) is 68.4 Å². The van der Waals surface area contributed by atoms with Gasteiger partial charge in [-0.25, -0.2) is 4.79 Å². The molecule has 32 heavy (non-hydrogen) atoms. The molecular weight excluding hydrogens is 424 g/mol. The molecular formula is C24H28N4O3S. The molecule has 2 aromatic carbocycles. The Hall–Kier alpha value is -3.26. The smallest absolute Gasteiger partial charge is 0.330 e. The highest BCUT2D eigenvalue weighted by Crippen LogP contribution is 2.23. The van der Waals surface area contributed by atoms with Gasteiger partial charge in [0.05, 0.1) is 12.3 Å². The number of unbranched alkanes of at least 4 members (excludes halogenated alkanes) is 1. The van der Waals surface area contributed by atoms with Crippen molar-refractivity contribution in [2.24, 2.45) is 0 Å². The first kappa shape index (κ1) is 23.4. The molecule has 1 heterocycles. The number of nitrogens with one attached hydrogen (secondary N) is 1. The summed E-state index contributed by atoms with van der Waals surface area (Å²) in [5.74, 6) is -0.0813. The van der Waals surface area contributed by atoms with Gasteiger partial charge in [0, 0.05) is 11.4 Å². The number of nitrogens with two attached hydrogens (primary N) is 1. The molecule has 1 aromatic heterocycles. The highest BCUT2D eigenvalue weighted by molar-refractivity contribution is 8.00. The molecule has 0 atom stereocenters. The van der Waals surface area contributed by atoms with E-state index in [1.54, 1.807) is 0 Å². The van der Waals surface area contributed by atoms with Crippen LogP contribution < -0.4 is 21.9 Å². The van der Waals surface area contributed by atoms with E-state index < -0.39 is 11.2 Å². The van der Waals surface area contributed by atoms with E-state index in [1.165, 1.54) is 21.2 Å².